The molecule has 0 saturated carbocycles. The molecule has 0 spiro atoms. The van der Waals surface area contributed by atoms with Crippen LogP contribution in [0, 0.1) is 11.3 Å². The second-order valence-corrected chi connectivity index (χ2v) is 10.8. The van der Waals surface area contributed by atoms with E-state index < -0.39 is 0 Å². The summed E-state index contributed by atoms with van der Waals surface area (Å²) in [5, 5.41) is 9.39. The second-order valence-electron chi connectivity index (χ2n) is 9.51. The Morgan fingerprint density at radius 2 is 1.20 bits per heavy atom. The number of hydrogen-bond acceptors (Lipinski definition) is 3. The van der Waals surface area contributed by atoms with Crippen LogP contribution < -0.4 is 4.90 Å². The first kappa shape index (κ1) is 27.0. The molecule has 0 aliphatic rings. The Kier molecular flexibility index (Phi) is 10.4. The van der Waals surface area contributed by atoms with Gasteiger partial charge in [-0.25, -0.2) is 0 Å². The van der Waals surface area contributed by atoms with E-state index in [9.17, 15) is 5.26 Å². The summed E-state index contributed by atoms with van der Waals surface area (Å²) < 4.78 is 6.02. The summed E-state index contributed by atoms with van der Waals surface area (Å²) >= 11 is 1.96. The minimum absolute atomic E-state index is 0.0906. The molecule has 1 N–H and O–H groups in total. The lowest BCUT2D eigenvalue weighted by atomic mass is 9.84. The summed E-state index contributed by atoms with van der Waals surface area (Å²) in [6.07, 6.45) is 1.25. The zero-order valence-electron chi connectivity index (χ0n) is 21.5. The van der Waals surface area contributed by atoms with Crippen LogP contribution >= 0.6 is 11.8 Å². The lowest BCUT2D eigenvalue weighted by Gasteiger charge is -2.36. The van der Waals surface area contributed by atoms with Crippen molar-refractivity contribution in [2.24, 2.45) is 0 Å². The molecule has 1 unspecified atom stereocenters. The molecule has 0 aliphatic heterocycles. The van der Waals surface area contributed by atoms with E-state index in [-0.39, 0.29) is 11.0 Å². The molecular weight excluding hydrogens is 448 g/mol. The Morgan fingerprint density at radius 1 is 0.771 bits per heavy atom. The van der Waals surface area contributed by atoms with Crippen molar-refractivity contribution in [3.05, 3.63) is 108 Å². The minimum Gasteiger partial charge on any atom is -0.328 e. The van der Waals surface area contributed by atoms with Crippen molar-refractivity contribution in [3.8, 4) is 6.07 Å². The number of nitrogens with zero attached hydrogens (tertiary/aromatic N) is 1. The fraction of sp³-hybridized carbons (Fsp3) is 0.387. The Morgan fingerprint density at radius 3 is 1.57 bits per heavy atom. The normalized spacial score (nSPS) is 12.7. The number of ether oxygens (including phenoxy) is 1. The van der Waals surface area contributed by atoms with E-state index in [2.05, 4.69) is 125 Å². The molecule has 0 fully saturated rings. The summed E-state index contributed by atoms with van der Waals surface area (Å²) in [5.74, 6) is 0.941. The summed E-state index contributed by atoms with van der Waals surface area (Å²) in [6, 6.07) is 35.6. The van der Waals surface area contributed by atoms with Gasteiger partial charge in [-0.2, -0.15) is 5.26 Å². The maximum Gasteiger partial charge on any atom is 0.205 e. The van der Waals surface area contributed by atoms with Gasteiger partial charge in [0, 0.05) is 0 Å². The van der Waals surface area contributed by atoms with Gasteiger partial charge in [0.1, 0.15) is 6.42 Å². The smallest absolute Gasteiger partial charge is 0.205 e. The first-order valence-corrected chi connectivity index (χ1v) is 13.6. The van der Waals surface area contributed by atoms with E-state index in [1.54, 1.807) is 0 Å². The second kappa shape index (κ2) is 13.5. The number of rotatable bonds is 13. The van der Waals surface area contributed by atoms with Crippen molar-refractivity contribution in [2.75, 3.05) is 12.4 Å². The van der Waals surface area contributed by atoms with Crippen LogP contribution in [0.1, 0.15) is 57.2 Å². The van der Waals surface area contributed by atoms with Crippen LogP contribution in [0.3, 0.4) is 0 Å². The molecule has 3 nitrogen and oxygen atoms in total. The van der Waals surface area contributed by atoms with Crippen LogP contribution in [0.25, 0.3) is 0 Å². The fourth-order valence-corrected chi connectivity index (χ4v) is 6.52. The Balaban J connectivity index is 1.82. The van der Waals surface area contributed by atoms with E-state index in [0.717, 1.165) is 12.2 Å². The van der Waals surface area contributed by atoms with Gasteiger partial charge >= 0.3 is 0 Å². The van der Waals surface area contributed by atoms with E-state index in [4.69, 9.17) is 4.74 Å². The van der Waals surface area contributed by atoms with Gasteiger partial charge in [-0.15, -0.1) is 11.8 Å². The number of nitriles is 1. The Hall–Kier alpha value is -2.58. The van der Waals surface area contributed by atoms with Crippen LogP contribution in [-0.4, -0.2) is 30.7 Å². The predicted octanol–water partition coefficient (Wildman–Crippen LogP) is 6.06. The van der Waals surface area contributed by atoms with Gasteiger partial charge in [0.15, 0.2) is 0 Å². The average molecular weight is 488 g/mol. The molecule has 0 bridgehead atoms. The minimum atomic E-state index is -0.303. The predicted molar refractivity (Wildman–Crippen MR) is 147 cm³/mol. The first-order chi connectivity index (χ1) is 17.0. The zero-order chi connectivity index (χ0) is 25.1. The van der Waals surface area contributed by atoms with Crippen molar-refractivity contribution in [3.63, 3.8) is 0 Å². The molecule has 0 aliphatic carbocycles. The van der Waals surface area contributed by atoms with Gasteiger partial charge in [-0.3, -0.25) is 0 Å². The lowest BCUT2D eigenvalue weighted by molar-refractivity contribution is -0.986. The van der Waals surface area contributed by atoms with Gasteiger partial charge in [0.2, 0.25) is 6.23 Å². The zero-order valence-corrected chi connectivity index (χ0v) is 22.3. The molecule has 1 atom stereocenters. The Labute approximate surface area is 216 Å². The molecule has 4 heteroatoms. The highest BCUT2D eigenvalue weighted by Gasteiger charge is 2.36. The summed E-state index contributed by atoms with van der Waals surface area (Å²) in [5.41, 5.74) is 3.84. The first-order valence-electron chi connectivity index (χ1n) is 12.7. The number of quaternary nitrogens is 1. The standard InChI is InChI=1S/C31H38N2OS/c1-25(2)33(26(3)4)30(21-22-32)34-23-14-24-35-31(27-15-8-5-9-16-27,28-17-10-6-11-18-28)29-19-12-7-13-20-29/h5-13,15-20,25-26,30H,14,21,23-24H2,1-4H3/p+1. The molecule has 3 rings (SSSR count). The number of benzene rings is 3. The molecule has 0 saturated heterocycles. The topological polar surface area (TPSA) is 37.5 Å². The van der Waals surface area contributed by atoms with Crippen molar-refractivity contribution in [1.29, 1.82) is 5.26 Å². The third kappa shape index (κ3) is 6.76. The highest BCUT2D eigenvalue weighted by atomic mass is 32.2. The highest BCUT2D eigenvalue weighted by Crippen LogP contribution is 2.48. The van der Waals surface area contributed by atoms with Crippen molar-refractivity contribution >= 4 is 11.8 Å². The van der Waals surface area contributed by atoms with Crippen LogP contribution in [-0.2, 0) is 9.48 Å². The van der Waals surface area contributed by atoms with E-state index in [0.29, 0.717) is 25.1 Å². The lowest BCUT2D eigenvalue weighted by Crippen LogP contribution is -3.21. The van der Waals surface area contributed by atoms with Gasteiger partial charge in [0.25, 0.3) is 0 Å². The molecule has 184 valence electrons. The van der Waals surface area contributed by atoms with Crippen LogP contribution in [0.15, 0.2) is 91.0 Å². The summed E-state index contributed by atoms with van der Waals surface area (Å²) in [7, 11) is 0. The van der Waals surface area contributed by atoms with Gasteiger partial charge in [-0.1, -0.05) is 91.0 Å². The van der Waals surface area contributed by atoms with Gasteiger partial charge < -0.3 is 9.64 Å². The maximum absolute atomic E-state index is 9.39. The Bertz CT molecular complexity index is 927. The molecular formula is C31H39N2OS+. The molecule has 0 amide bonds. The molecule has 35 heavy (non-hydrogen) atoms. The molecule has 0 heterocycles. The van der Waals surface area contributed by atoms with Crippen molar-refractivity contribution in [1.82, 2.24) is 0 Å². The van der Waals surface area contributed by atoms with Crippen molar-refractivity contribution in [2.45, 2.75) is 63.6 Å². The third-order valence-electron chi connectivity index (χ3n) is 6.45. The third-order valence-corrected chi connectivity index (χ3v) is 8.08. The quantitative estimate of drug-likeness (QED) is 0.181. The van der Waals surface area contributed by atoms with Crippen LogP contribution in [0.5, 0.6) is 0 Å². The average Bonchev–Trinajstić information content (AvgIpc) is 2.87. The van der Waals surface area contributed by atoms with E-state index in [1.807, 2.05) is 11.8 Å². The summed E-state index contributed by atoms with van der Waals surface area (Å²) in [4.78, 5) is 1.34. The number of thioether (sulfide) groups is 1. The largest absolute Gasteiger partial charge is 0.328 e. The number of nitrogens with one attached hydrogen (secondary N) is 1. The fourth-order valence-electron chi connectivity index (χ4n) is 5.04. The number of hydrogen-bond donors (Lipinski definition) is 1. The van der Waals surface area contributed by atoms with Gasteiger partial charge in [0.05, 0.1) is 29.5 Å². The molecule has 0 radical (unpaired) electrons. The van der Waals surface area contributed by atoms with Crippen LogP contribution in [0.2, 0.25) is 0 Å². The monoisotopic (exact) mass is 487 g/mol. The molecule has 0 aromatic heterocycles. The van der Waals surface area contributed by atoms with E-state index >= 15 is 0 Å². The van der Waals surface area contributed by atoms with Crippen LogP contribution in [0.4, 0.5) is 0 Å². The van der Waals surface area contributed by atoms with Gasteiger partial charge in [-0.05, 0) is 56.6 Å². The summed E-state index contributed by atoms with van der Waals surface area (Å²) in [6.45, 7) is 9.45. The molecule has 3 aromatic rings. The maximum atomic E-state index is 9.39. The van der Waals surface area contributed by atoms with E-state index in [1.165, 1.54) is 21.6 Å². The molecule has 3 aromatic carbocycles. The highest BCUT2D eigenvalue weighted by molar-refractivity contribution is 8.00. The SMILES string of the molecule is CC(C)[NH+](C(C)C)C(CC#N)OCCCSC(c1ccccc1)(c1ccccc1)c1ccccc1. The van der Waals surface area contributed by atoms with Crippen molar-refractivity contribution < 1.29 is 9.64 Å².